The van der Waals surface area contributed by atoms with Crippen LogP contribution >= 0.6 is 90.4 Å². The summed E-state index contributed by atoms with van der Waals surface area (Å²) in [5.74, 6) is 1.64. The van der Waals surface area contributed by atoms with Gasteiger partial charge < -0.3 is 30.2 Å². The number of phenols is 1. The summed E-state index contributed by atoms with van der Waals surface area (Å²) in [4.78, 5) is 4.00. The van der Waals surface area contributed by atoms with Crippen molar-refractivity contribution in [2.45, 2.75) is 19.3 Å². The van der Waals surface area contributed by atoms with Crippen LogP contribution in [-0.4, -0.2) is 29.8 Å². The van der Waals surface area contributed by atoms with Crippen LogP contribution in [0.15, 0.2) is 24.3 Å². The van der Waals surface area contributed by atoms with E-state index in [-0.39, 0.29) is 18.4 Å². The summed E-state index contributed by atoms with van der Waals surface area (Å²) >= 11 is 8.56. The number of hydrogen-bond acceptors (Lipinski definition) is 6. The Labute approximate surface area is 212 Å². The third-order valence-electron chi connectivity index (χ3n) is 3.50. The molecule has 1 atom stereocenters. The van der Waals surface area contributed by atoms with Gasteiger partial charge in [-0.15, -0.1) is 0 Å². The first-order valence-corrected chi connectivity index (χ1v) is 12.1. The van der Waals surface area contributed by atoms with Crippen LogP contribution in [0.2, 0.25) is 6.82 Å². The van der Waals surface area contributed by atoms with Crippen molar-refractivity contribution in [3.8, 4) is 17.2 Å². The second kappa shape index (κ2) is 11.3. The van der Waals surface area contributed by atoms with Crippen molar-refractivity contribution in [1.29, 1.82) is 0 Å². The number of phenolic OH excluding ortho intramolecular Hbond substituents is 1. The molecule has 1 unspecified atom stereocenters. The number of nitrogens with one attached hydrogen (secondary N) is 1. The lowest BCUT2D eigenvalue weighted by atomic mass is 9.86. The van der Waals surface area contributed by atoms with E-state index in [9.17, 15) is 15.4 Å². The normalized spacial score (nSPS) is 12.1. The molecule has 0 spiro atoms. The standard InChI is InChI=1S/C16H16BI4NO5/c1-17(24)22-9(7-26-25)2-8-3-13(20)16(14(21)4-8)27-10-5-11(18)15(23)12(19)6-10/h3-6,9,22-25H,2,7H2,1H3/p-1. The predicted molar refractivity (Wildman–Crippen MR) is 136 cm³/mol. The summed E-state index contributed by atoms with van der Waals surface area (Å²) in [5.41, 5.74) is 1.00. The molecule has 0 amide bonds. The van der Waals surface area contributed by atoms with Gasteiger partial charge >= 0.3 is 7.05 Å². The van der Waals surface area contributed by atoms with Crippen molar-refractivity contribution in [3.05, 3.63) is 44.1 Å². The van der Waals surface area contributed by atoms with E-state index in [1.54, 1.807) is 19.0 Å². The van der Waals surface area contributed by atoms with E-state index in [0.717, 1.165) is 25.6 Å². The monoisotopic (exact) mass is 820 g/mol. The number of ether oxygens (including phenoxy) is 1. The van der Waals surface area contributed by atoms with E-state index in [0.29, 0.717) is 12.2 Å². The van der Waals surface area contributed by atoms with E-state index in [2.05, 4.69) is 100 Å². The molecule has 0 radical (unpaired) electrons. The molecule has 0 aliphatic heterocycles. The molecule has 11 heteroatoms. The lowest BCUT2D eigenvalue weighted by molar-refractivity contribution is -0.690. The maximum atomic E-state index is 10.5. The molecule has 2 rings (SSSR count). The summed E-state index contributed by atoms with van der Waals surface area (Å²) in [5, 5.41) is 32.8. The van der Waals surface area contributed by atoms with E-state index in [4.69, 9.17) is 4.74 Å². The quantitative estimate of drug-likeness (QED) is 0.164. The summed E-state index contributed by atoms with van der Waals surface area (Å²) in [6.45, 7) is 1.56. The van der Waals surface area contributed by atoms with Gasteiger partial charge in [0.1, 0.15) is 11.5 Å². The smallest absolute Gasteiger partial charge is 0.373 e. The summed E-state index contributed by atoms with van der Waals surface area (Å²) < 4.78 is 9.35. The van der Waals surface area contributed by atoms with Gasteiger partial charge in [-0.3, -0.25) is 0 Å². The molecule has 0 aliphatic carbocycles. The molecule has 146 valence electrons. The van der Waals surface area contributed by atoms with Crippen molar-refractivity contribution in [3.63, 3.8) is 0 Å². The van der Waals surface area contributed by atoms with Crippen LogP contribution in [0.4, 0.5) is 0 Å². The zero-order valence-electron chi connectivity index (χ0n) is 14.0. The molecule has 0 aromatic heterocycles. The highest BCUT2D eigenvalue weighted by Crippen LogP contribution is 2.36. The van der Waals surface area contributed by atoms with Gasteiger partial charge in [0.05, 0.1) is 14.3 Å². The zero-order chi connectivity index (χ0) is 20.1. The first-order valence-electron chi connectivity index (χ1n) is 7.74. The molecule has 27 heavy (non-hydrogen) atoms. The van der Waals surface area contributed by atoms with E-state index >= 15 is 0 Å². The van der Waals surface area contributed by atoms with Gasteiger partial charge in [-0.1, -0.05) is 0 Å². The average Bonchev–Trinajstić information content (AvgIpc) is 2.55. The molecule has 2 aromatic carbocycles. The Bertz CT molecular complexity index is 762. The van der Waals surface area contributed by atoms with Gasteiger partial charge in [-0.25, -0.2) is 0 Å². The maximum Gasteiger partial charge on any atom is 0.373 e. The average molecular weight is 820 g/mol. The largest absolute Gasteiger partial charge is 0.723 e. The molecule has 0 fully saturated rings. The number of hydrogen-bond donors (Lipinski definition) is 3. The van der Waals surface area contributed by atoms with E-state index in [1.807, 2.05) is 12.1 Å². The van der Waals surface area contributed by atoms with Gasteiger partial charge in [0, 0.05) is 12.6 Å². The van der Waals surface area contributed by atoms with Crippen molar-refractivity contribution < 1.29 is 25.0 Å². The molecular weight excluding hydrogens is 805 g/mol. The fraction of sp³-hybridized carbons (Fsp3) is 0.250. The van der Waals surface area contributed by atoms with Crippen molar-refractivity contribution in [2.24, 2.45) is 0 Å². The molecule has 0 heterocycles. The van der Waals surface area contributed by atoms with Gasteiger partial charge in [-0.2, -0.15) is 0 Å². The topological polar surface area (TPSA) is 94.0 Å². The number of aromatic hydroxyl groups is 1. The third-order valence-corrected chi connectivity index (χ3v) is 6.74. The highest BCUT2D eigenvalue weighted by molar-refractivity contribution is 14.1. The number of rotatable bonds is 8. The molecule has 0 saturated heterocycles. The van der Waals surface area contributed by atoms with Crippen LogP contribution in [0.25, 0.3) is 0 Å². The Hall–Kier alpha value is 0.865. The maximum absolute atomic E-state index is 10.5. The van der Waals surface area contributed by atoms with Crippen LogP contribution in [0.5, 0.6) is 17.2 Å². The lowest BCUT2D eigenvalue weighted by Crippen LogP contribution is -2.44. The van der Waals surface area contributed by atoms with E-state index in [1.165, 1.54) is 0 Å². The summed E-state index contributed by atoms with van der Waals surface area (Å²) in [7, 11) is -0.731. The highest BCUT2D eigenvalue weighted by atomic mass is 127. The van der Waals surface area contributed by atoms with E-state index < -0.39 is 7.05 Å². The Balaban J connectivity index is 2.23. The Morgan fingerprint density at radius 2 is 1.63 bits per heavy atom. The molecule has 2 aromatic rings. The Morgan fingerprint density at radius 3 is 2.11 bits per heavy atom. The minimum atomic E-state index is -0.731. The van der Waals surface area contributed by atoms with Gasteiger partial charge in [-0.05, 0) is 133 Å². The molecule has 0 bridgehead atoms. The third kappa shape index (κ3) is 7.25. The second-order valence-electron chi connectivity index (χ2n) is 5.75. The highest BCUT2D eigenvalue weighted by Gasteiger charge is 2.17. The van der Waals surface area contributed by atoms with Gasteiger partial charge in [0.15, 0.2) is 5.75 Å². The van der Waals surface area contributed by atoms with Gasteiger partial charge in [0.2, 0.25) is 0 Å². The minimum Gasteiger partial charge on any atom is -0.723 e. The summed E-state index contributed by atoms with van der Waals surface area (Å²) in [6, 6.07) is 7.24. The molecular formula is C16H15BI4NO5-. The van der Waals surface area contributed by atoms with Crippen LogP contribution in [0.3, 0.4) is 0 Å². The second-order valence-corrected chi connectivity index (χ2v) is 10.4. The Kier molecular flexibility index (Phi) is 10.1. The van der Waals surface area contributed by atoms with Crippen molar-refractivity contribution in [2.75, 3.05) is 6.61 Å². The molecule has 0 aliphatic rings. The predicted octanol–water partition coefficient (Wildman–Crippen LogP) is 3.51. The minimum absolute atomic E-state index is 0.0410. The zero-order valence-corrected chi connectivity index (χ0v) is 22.6. The SMILES string of the molecule is CB(O)NC(CO[O-])Cc1cc(I)c(Oc2cc(I)c(O)c(I)c2)c(I)c1. The van der Waals surface area contributed by atoms with Crippen molar-refractivity contribution in [1.82, 2.24) is 5.23 Å². The fourth-order valence-electron chi connectivity index (χ4n) is 2.42. The van der Waals surface area contributed by atoms with Crippen LogP contribution in [-0.2, 0) is 11.3 Å². The molecule has 6 nitrogen and oxygen atoms in total. The molecule has 0 saturated carbocycles. The Morgan fingerprint density at radius 1 is 1.07 bits per heavy atom. The first-order chi connectivity index (χ1) is 12.7. The number of halogens is 4. The van der Waals surface area contributed by atoms with Crippen LogP contribution in [0, 0.1) is 14.3 Å². The van der Waals surface area contributed by atoms with Crippen LogP contribution in [0.1, 0.15) is 5.56 Å². The summed E-state index contributed by atoms with van der Waals surface area (Å²) in [6.07, 6.45) is 0.536. The van der Waals surface area contributed by atoms with Crippen molar-refractivity contribution >= 4 is 97.4 Å². The first kappa shape index (κ1) is 24.1. The fourth-order valence-corrected chi connectivity index (χ4v) is 6.25. The van der Waals surface area contributed by atoms with Crippen LogP contribution < -0.4 is 15.2 Å². The molecule has 3 N–H and O–H groups in total. The number of benzene rings is 2. The lowest BCUT2D eigenvalue weighted by Gasteiger charge is -2.22. The van der Waals surface area contributed by atoms with Gasteiger partial charge in [0.25, 0.3) is 0 Å².